The molecule has 1 aliphatic carbocycles. The maximum Gasteiger partial charge on any atom is 0.154 e. The van der Waals surface area contributed by atoms with Gasteiger partial charge in [-0.1, -0.05) is 15.9 Å². The Kier molecular flexibility index (Phi) is 2.68. The molecule has 5 heteroatoms. The third-order valence-corrected chi connectivity index (χ3v) is 5.70. The Hall–Kier alpha value is 0.390. The van der Waals surface area contributed by atoms with Gasteiger partial charge in [-0.3, -0.25) is 0 Å². The first-order chi connectivity index (χ1) is 6.07. The normalized spacial score (nSPS) is 38.8. The van der Waals surface area contributed by atoms with Crippen molar-refractivity contribution in [2.24, 2.45) is 0 Å². The molecule has 0 spiro atoms. The van der Waals surface area contributed by atoms with Crippen molar-refractivity contribution in [2.45, 2.75) is 36.3 Å². The maximum absolute atomic E-state index is 11.2. The van der Waals surface area contributed by atoms with Crippen LogP contribution in [0, 0.1) is 0 Å². The molecule has 1 aliphatic heterocycles. The number of hydrogen-bond donors (Lipinski definition) is 0. The van der Waals surface area contributed by atoms with Crippen molar-refractivity contribution in [3.8, 4) is 0 Å². The molecular formula is C8H13BrO3S. The number of alkyl halides is 1. The zero-order chi connectivity index (χ0) is 9.47. The summed E-state index contributed by atoms with van der Waals surface area (Å²) < 4.78 is 28.1. The van der Waals surface area contributed by atoms with Crippen LogP contribution in [0.3, 0.4) is 0 Å². The zero-order valence-electron chi connectivity index (χ0n) is 7.28. The van der Waals surface area contributed by atoms with Crippen molar-refractivity contribution in [1.29, 1.82) is 0 Å². The summed E-state index contributed by atoms with van der Waals surface area (Å²) in [6.07, 6.45) is 3.61. The molecular weight excluding hydrogens is 256 g/mol. The molecule has 0 aromatic heterocycles. The third kappa shape index (κ3) is 2.25. The van der Waals surface area contributed by atoms with Crippen molar-refractivity contribution in [3.63, 3.8) is 0 Å². The van der Waals surface area contributed by atoms with Gasteiger partial charge in [0, 0.05) is 0 Å². The average Bonchev–Trinajstić information content (AvgIpc) is 2.16. The number of halogens is 1. The van der Waals surface area contributed by atoms with Crippen LogP contribution in [0.25, 0.3) is 0 Å². The first kappa shape index (κ1) is 9.93. The molecule has 2 rings (SSSR count). The second kappa shape index (κ2) is 3.51. The van der Waals surface area contributed by atoms with E-state index in [-0.39, 0.29) is 22.4 Å². The summed E-state index contributed by atoms with van der Waals surface area (Å²) in [6, 6.07) is 0. The standard InChI is InChI=1S/C8H13BrO3S/c9-7-4-13(10,11)5-8(7)12-6-2-1-3-6/h6-8H,1-5H2. The van der Waals surface area contributed by atoms with Gasteiger partial charge in [-0.2, -0.15) is 0 Å². The predicted octanol–water partition coefficient (Wildman–Crippen LogP) is 1.12. The van der Waals surface area contributed by atoms with Crippen molar-refractivity contribution in [3.05, 3.63) is 0 Å². The third-order valence-electron chi connectivity index (χ3n) is 2.65. The van der Waals surface area contributed by atoms with Gasteiger partial charge in [0.1, 0.15) is 0 Å². The number of rotatable bonds is 2. The average molecular weight is 269 g/mol. The predicted molar refractivity (Wildman–Crippen MR) is 53.9 cm³/mol. The quantitative estimate of drug-likeness (QED) is 0.705. The Bertz CT molecular complexity index is 284. The first-order valence-electron chi connectivity index (χ1n) is 4.57. The van der Waals surface area contributed by atoms with Crippen LogP contribution in [0.4, 0.5) is 0 Å². The first-order valence-corrected chi connectivity index (χ1v) is 7.30. The molecule has 0 N–H and O–H groups in total. The Balaban J connectivity index is 1.92. The molecule has 0 radical (unpaired) electrons. The van der Waals surface area contributed by atoms with E-state index in [1.807, 2.05) is 0 Å². The van der Waals surface area contributed by atoms with E-state index in [0.29, 0.717) is 6.10 Å². The lowest BCUT2D eigenvalue weighted by Gasteiger charge is -2.29. The molecule has 2 aliphatic rings. The van der Waals surface area contributed by atoms with E-state index in [1.54, 1.807) is 0 Å². The summed E-state index contributed by atoms with van der Waals surface area (Å²) in [7, 11) is -2.85. The maximum atomic E-state index is 11.2. The van der Waals surface area contributed by atoms with Crippen LogP contribution < -0.4 is 0 Å². The van der Waals surface area contributed by atoms with Gasteiger partial charge in [0.2, 0.25) is 0 Å². The monoisotopic (exact) mass is 268 g/mol. The topological polar surface area (TPSA) is 43.4 Å². The summed E-state index contributed by atoms with van der Waals surface area (Å²) in [4.78, 5) is -0.00176. The second-order valence-electron chi connectivity index (χ2n) is 3.82. The van der Waals surface area contributed by atoms with Crippen LogP contribution in [0.5, 0.6) is 0 Å². The smallest absolute Gasteiger partial charge is 0.154 e. The Morgan fingerprint density at radius 1 is 1.23 bits per heavy atom. The highest BCUT2D eigenvalue weighted by Crippen LogP contribution is 2.29. The summed E-state index contributed by atoms with van der Waals surface area (Å²) >= 11 is 3.36. The molecule has 0 aromatic carbocycles. The lowest BCUT2D eigenvalue weighted by atomic mass is 9.96. The van der Waals surface area contributed by atoms with Crippen LogP contribution in [-0.2, 0) is 14.6 Å². The van der Waals surface area contributed by atoms with Gasteiger partial charge >= 0.3 is 0 Å². The molecule has 2 fully saturated rings. The molecule has 13 heavy (non-hydrogen) atoms. The van der Waals surface area contributed by atoms with Crippen molar-refractivity contribution >= 4 is 25.8 Å². The van der Waals surface area contributed by atoms with Gasteiger partial charge in [-0.05, 0) is 19.3 Å². The van der Waals surface area contributed by atoms with E-state index in [9.17, 15) is 8.42 Å². The molecule has 0 aromatic rings. The van der Waals surface area contributed by atoms with Crippen molar-refractivity contribution in [1.82, 2.24) is 0 Å². The van der Waals surface area contributed by atoms with Gasteiger partial charge in [-0.15, -0.1) is 0 Å². The molecule has 3 nitrogen and oxygen atoms in total. The van der Waals surface area contributed by atoms with Gasteiger partial charge < -0.3 is 4.74 Å². The Morgan fingerprint density at radius 3 is 2.31 bits per heavy atom. The minimum absolute atomic E-state index is 0.00176. The highest BCUT2D eigenvalue weighted by atomic mass is 79.9. The summed E-state index contributed by atoms with van der Waals surface area (Å²) in [5.74, 6) is 0.420. The molecule has 1 heterocycles. The largest absolute Gasteiger partial charge is 0.373 e. The van der Waals surface area contributed by atoms with E-state index >= 15 is 0 Å². The molecule has 1 saturated heterocycles. The number of ether oxygens (including phenoxy) is 1. The van der Waals surface area contributed by atoms with Gasteiger partial charge in [0.05, 0.1) is 28.5 Å². The summed E-state index contributed by atoms with van der Waals surface area (Å²) in [6.45, 7) is 0. The van der Waals surface area contributed by atoms with Crippen molar-refractivity contribution < 1.29 is 13.2 Å². The van der Waals surface area contributed by atoms with Crippen molar-refractivity contribution in [2.75, 3.05) is 11.5 Å². The second-order valence-corrected chi connectivity index (χ2v) is 7.15. The van der Waals surface area contributed by atoms with Crippen LogP contribution in [0.2, 0.25) is 0 Å². The van der Waals surface area contributed by atoms with Crippen LogP contribution in [-0.4, -0.2) is 37.0 Å². The zero-order valence-corrected chi connectivity index (χ0v) is 9.68. The molecule has 2 unspecified atom stereocenters. The van der Waals surface area contributed by atoms with E-state index in [4.69, 9.17) is 4.74 Å². The molecule has 1 saturated carbocycles. The number of sulfone groups is 1. The molecule has 2 atom stereocenters. The van der Waals surface area contributed by atoms with E-state index in [2.05, 4.69) is 15.9 Å². The van der Waals surface area contributed by atoms with E-state index in [1.165, 1.54) is 6.42 Å². The Labute approximate surface area is 86.9 Å². The lowest BCUT2D eigenvalue weighted by Crippen LogP contribution is -2.32. The van der Waals surface area contributed by atoms with E-state index < -0.39 is 9.84 Å². The molecule has 0 amide bonds. The van der Waals surface area contributed by atoms with Crippen LogP contribution >= 0.6 is 15.9 Å². The molecule has 76 valence electrons. The van der Waals surface area contributed by atoms with Gasteiger partial charge in [0.15, 0.2) is 9.84 Å². The van der Waals surface area contributed by atoms with Gasteiger partial charge in [0.25, 0.3) is 0 Å². The summed E-state index contributed by atoms with van der Waals surface area (Å²) in [5.41, 5.74) is 0. The van der Waals surface area contributed by atoms with E-state index in [0.717, 1.165) is 12.8 Å². The van der Waals surface area contributed by atoms with Crippen LogP contribution in [0.1, 0.15) is 19.3 Å². The highest BCUT2D eigenvalue weighted by Gasteiger charge is 2.38. The fourth-order valence-corrected chi connectivity index (χ4v) is 5.07. The SMILES string of the molecule is O=S1(=O)CC(Br)C(OC2CCC2)C1. The fraction of sp³-hybridized carbons (Fsp3) is 1.00. The van der Waals surface area contributed by atoms with Crippen LogP contribution in [0.15, 0.2) is 0 Å². The Morgan fingerprint density at radius 2 is 1.92 bits per heavy atom. The lowest BCUT2D eigenvalue weighted by molar-refractivity contribution is -0.0364. The number of hydrogen-bond acceptors (Lipinski definition) is 3. The highest BCUT2D eigenvalue weighted by molar-refractivity contribution is 9.09. The van der Waals surface area contributed by atoms with Gasteiger partial charge in [-0.25, -0.2) is 8.42 Å². The summed E-state index contributed by atoms with van der Waals surface area (Å²) in [5, 5.41) is 0. The fourth-order valence-electron chi connectivity index (χ4n) is 1.65. The minimum Gasteiger partial charge on any atom is -0.373 e. The minimum atomic E-state index is -2.85. The molecule has 0 bridgehead atoms.